The molecule has 0 bridgehead atoms. The zero-order valence-electron chi connectivity index (χ0n) is 13.3. The summed E-state index contributed by atoms with van der Waals surface area (Å²) in [5.41, 5.74) is -0.869. The summed E-state index contributed by atoms with van der Waals surface area (Å²) in [7, 11) is 0. The minimum Gasteiger partial charge on any atom is -0.480 e. The monoisotopic (exact) mass is 329 g/mol. The molecule has 1 aliphatic carbocycles. The molecule has 1 atom stereocenters. The van der Waals surface area contributed by atoms with Gasteiger partial charge >= 0.3 is 6.18 Å². The summed E-state index contributed by atoms with van der Waals surface area (Å²) >= 11 is 0. The highest BCUT2D eigenvalue weighted by atomic mass is 19.4. The summed E-state index contributed by atoms with van der Waals surface area (Å²) < 4.78 is 44.1. The fraction of sp³-hybridized carbons (Fsp3) is 0.588. The molecule has 1 saturated carbocycles. The highest BCUT2D eigenvalue weighted by Crippen LogP contribution is 2.36. The van der Waals surface area contributed by atoms with Gasteiger partial charge < -0.3 is 10.1 Å². The second kappa shape index (κ2) is 7.23. The van der Waals surface area contributed by atoms with Crippen molar-refractivity contribution in [3.05, 3.63) is 29.8 Å². The number of amides is 1. The quantitative estimate of drug-likeness (QED) is 0.900. The van der Waals surface area contributed by atoms with Gasteiger partial charge in [0.25, 0.3) is 5.91 Å². The van der Waals surface area contributed by atoms with Gasteiger partial charge in [0.1, 0.15) is 5.75 Å². The molecule has 1 fully saturated rings. The Bertz CT molecular complexity index is 537. The van der Waals surface area contributed by atoms with Gasteiger partial charge in [-0.25, -0.2) is 0 Å². The molecule has 3 nitrogen and oxygen atoms in total. The van der Waals surface area contributed by atoms with E-state index < -0.39 is 17.8 Å². The molecule has 1 aliphatic rings. The van der Waals surface area contributed by atoms with Crippen LogP contribution in [-0.4, -0.2) is 18.1 Å². The van der Waals surface area contributed by atoms with E-state index in [1.807, 2.05) is 0 Å². The lowest BCUT2D eigenvalue weighted by atomic mass is 9.87. The van der Waals surface area contributed by atoms with Gasteiger partial charge in [-0.1, -0.05) is 19.1 Å². The first-order valence-electron chi connectivity index (χ1n) is 7.90. The molecule has 0 spiro atoms. The van der Waals surface area contributed by atoms with Crippen molar-refractivity contribution in [2.24, 2.45) is 5.92 Å². The Hall–Kier alpha value is -1.72. The molecular weight excluding hydrogens is 307 g/mol. The van der Waals surface area contributed by atoms with Crippen LogP contribution in [0.1, 0.15) is 45.1 Å². The minimum absolute atomic E-state index is 0.0857. The maximum absolute atomic E-state index is 12.9. The molecule has 23 heavy (non-hydrogen) atoms. The Morgan fingerprint density at radius 1 is 1.22 bits per heavy atom. The van der Waals surface area contributed by atoms with Crippen molar-refractivity contribution in [3.8, 4) is 5.75 Å². The predicted octanol–water partition coefficient (Wildman–Crippen LogP) is 4.17. The van der Waals surface area contributed by atoms with Crippen LogP contribution >= 0.6 is 0 Å². The van der Waals surface area contributed by atoms with E-state index in [0.29, 0.717) is 5.92 Å². The number of nitrogens with one attached hydrogen (secondary N) is 1. The summed E-state index contributed by atoms with van der Waals surface area (Å²) in [4.78, 5) is 12.1. The van der Waals surface area contributed by atoms with Crippen molar-refractivity contribution >= 4 is 5.91 Å². The van der Waals surface area contributed by atoms with E-state index in [1.165, 1.54) is 25.1 Å². The first-order valence-corrected chi connectivity index (χ1v) is 7.90. The van der Waals surface area contributed by atoms with Crippen LogP contribution in [0.15, 0.2) is 24.3 Å². The number of halogens is 3. The van der Waals surface area contributed by atoms with Gasteiger partial charge in [-0.2, -0.15) is 13.2 Å². The van der Waals surface area contributed by atoms with E-state index in [2.05, 4.69) is 12.2 Å². The molecule has 6 heteroatoms. The van der Waals surface area contributed by atoms with Gasteiger partial charge in [0, 0.05) is 6.04 Å². The molecule has 1 amide bonds. The lowest BCUT2D eigenvalue weighted by Crippen LogP contribution is -2.44. The van der Waals surface area contributed by atoms with Gasteiger partial charge in [-0.15, -0.1) is 0 Å². The predicted molar refractivity (Wildman–Crippen MR) is 81.1 cm³/mol. The number of rotatable bonds is 4. The third kappa shape index (κ3) is 4.88. The Morgan fingerprint density at radius 3 is 2.43 bits per heavy atom. The molecule has 0 radical (unpaired) electrons. The van der Waals surface area contributed by atoms with E-state index in [0.717, 1.165) is 31.7 Å². The Morgan fingerprint density at radius 2 is 1.83 bits per heavy atom. The van der Waals surface area contributed by atoms with E-state index >= 15 is 0 Å². The van der Waals surface area contributed by atoms with Gasteiger partial charge in [0.15, 0.2) is 6.10 Å². The number of carbonyl (C=O) groups is 1. The molecule has 1 aromatic rings. The van der Waals surface area contributed by atoms with E-state index in [9.17, 15) is 18.0 Å². The summed E-state index contributed by atoms with van der Waals surface area (Å²) in [6, 6.07) is 5.02. The molecule has 1 aromatic carbocycles. The van der Waals surface area contributed by atoms with Crippen molar-refractivity contribution < 1.29 is 22.7 Å². The number of carbonyl (C=O) groups excluding carboxylic acids is 1. The molecule has 0 aliphatic heterocycles. The number of hydrogen-bond acceptors (Lipinski definition) is 2. The first kappa shape index (κ1) is 17.6. The summed E-state index contributed by atoms with van der Waals surface area (Å²) in [5, 5.41) is 2.87. The van der Waals surface area contributed by atoms with Crippen molar-refractivity contribution in [3.63, 3.8) is 0 Å². The third-order valence-electron chi connectivity index (χ3n) is 4.23. The van der Waals surface area contributed by atoms with Crippen LogP contribution in [0.2, 0.25) is 0 Å². The second-order valence-corrected chi connectivity index (χ2v) is 6.22. The molecule has 128 valence electrons. The smallest absolute Gasteiger partial charge is 0.419 e. The van der Waals surface area contributed by atoms with Crippen LogP contribution < -0.4 is 10.1 Å². The fourth-order valence-electron chi connectivity index (χ4n) is 2.77. The van der Waals surface area contributed by atoms with Crippen molar-refractivity contribution in [1.82, 2.24) is 5.32 Å². The van der Waals surface area contributed by atoms with Crippen LogP contribution in [-0.2, 0) is 11.0 Å². The topological polar surface area (TPSA) is 38.3 Å². The summed E-state index contributed by atoms with van der Waals surface area (Å²) in [5.74, 6) is -0.0306. The van der Waals surface area contributed by atoms with Crippen LogP contribution in [0, 0.1) is 5.92 Å². The van der Waals surface area contributed by atoms with E-state index in [4.69, 9.17) is 4.74 Å². The summed E-state index contributed by atoms with van der Waals surface area (Å²) in [6.07, 6.45) is -1.57. The van der Waals surface area contributed by atoms with Crippen LogP contribution in [0.5, 0.6) is 5.75 Å². The standard InChI is InChI=1S/C17H22F3NO2/c1-11-7-9-13(10-8-11)21-16(22)12(2)23-15-6-4-3-5-14(15)17(18,19)20/h3-6,11-13H,7-10H2,1-2H3,(H,21,22). The van der Waals surface area contributed by atoms with Gasteiger partial charge in [-0.3, -0.25) is 4.79 Å². The SMILES string of the molecule is CC1CCC(NC(=O)C(C)Oc2ccccc2C(F)(F)F)CC1. The molecule has 0 heterocycles. The second-order valence-electron chi connectivity index (χ2n) is 6.22. The van der Waals surface area contributed by atoms with Crippen molar-refractivity contribution in [2.75, 3.05) is 0 Å². The van der Waals surface area contributed by atoms with Crippen molar-refractivity contribution in [1.29, 1.82) is 0 Å². The maximum Gasteiger partial charge on any atom is 0.419 e. The minimum atomic E-state index is -4.51. The largest absolute Gasteiger partial charge is 0.480 e. The summed E-state index contributed by atoms with van der Waals surface area (Å²) in [6.45, 7) is 3.64. The third-order valence-corrected chi connectivity index (χ3v) is 4.23. The Kier molecular flexibility index (Phi) is 5.55. The van der Waals surface area contributed by atoms with Gasteiger partial charge in [-0.05, 0) is 50.7 Å². The lowest BCUT2D eigenvalue weighted by Gasteiger charge is -2.28. The first-order chi connectivity index (χ1) is 10.8. The van der Waals surface area contributed by atoms with Crippen molar-refractivity contribution in [2.45, 2.75) is 57.9 Å². The molecule has 0 aromatic heterocycles. The Balaban J connectivity index is 1.96. The Labute approximate surface area is 134 Å². The lowest BCUT2D eigenvalue weighted by molar-refractivity contribution is -0.140. The van der Waals surface area contributed by atoms with Crippen LogP contribution in [0.25, 0.3) is 0 Å². The maximum atomic E-state index is 12.9. The van der Waals surface area contributed by atoms with Crippen LogP contribution in [0.4, 0.5) is 13.2 Å². The van der Waals surface area contributed by atoms with Crippen LogP contribution in [0.3, 0.4) is 0 Å². The number of para-hydroxylation sites is 1. The number of ether oxygens (including phenoxy) is 1. The van der Waals surface area contributed by atoms with Gasteiger partial charge in [0.05, 0.1) is 5.56 Å². The fourth-order valence-corrected chi connectivity index (χ4v) is 2.77. The number of hydrogen-bond donors (Lipinski definition) is 1. The average molecular weight is 329 g/mol. The number of alkyl halides is 3. The van der Waals surface area contributed by atoms with Gasteiger partial charge in [0.2, 0.25) is 0 Å². The zero-order valence-corrected chi connectivity index (χ0v) is 13.3. The van der Waals surface area contributed by atoms with E-state index in [1.54, 1.807) is 0 Å². The van der Waals surface area contributed by atoms with E-state index in [-0.39, 0.29) is 17.7 Å². The normalized spacial score (nSPS) is 23.2. The molecule has 2 rings (SSSR count). The highest BCUT2D eigenvalue weighted by molar-refractivity contribution is 5.81. The molecule has 1 N–H and O–H groups in total. The zero-order chi connectivity index (χ0) is 17.0. The highest BCUT2D eigenvalue weighted by Gasteiger charge is 2.35. The molecule has 0 saturated heterocycles. The average Bonchev–Trinajstić information content (AvgIpc) is 2.49. The number of benzene rings is 1. The molecular formula is C17H22F3NO2. The molecule has 1 unspecified atom stereocenters.